The third-order valence-corrected chi connectivity index (χ3v) is 3.57. The van der Waals surface area contributed by atoms with Crippen molar-refractivity contribution in [2.45, 2.75) is 25.8 Å². The van der Waals surface area contributed by atoms with Crippen molar-refractivity contribution in [1.29, 1.82) is 0 Å². The van der Waals surface area contributed by atoms with Gasteiger partial charge in [0.05, 0.1) is 0 Å². The number of nitrogens with one attached hydrogen (secondary N) is 1. The molecule has 1 N–H and O–H groups in total. The fraction of sp³-hybridized carbons (Fsp3) is 0.571. The molecular formula is C14H21FN2. The summed E-state index contributed by atoms with van der Waals surface area (Å²) in [5, 5.41) is 3.41. The molecule has 1 fully saturated rings. The van der Waals surface area contributed by atoms with Crippen molar-refractivity contribution in [3.05, 3.63) is 35.6 Å². The minimum Gasteiger partial charge on any atom is -0.314 e. The van der Waals surface area contributed by atoms with E-state index in [2.05, 4.69) is 17.1 Å². The van der Waals surface area contributed by atoms with Crippen LogP contribution in [0.5, 0.6) is 0 Å². The molecule has 17 heavy (non-hydrogen) atoms. The Morgan fingerprint density at radius 2 is 2.24 bits per heavy atom. The Bertz CT molecular complexity index is 354. The van der Waals surface area contributed by atoms with Crippen molar-refractivity contribution in [1.82, 2.24) is 10.2 Å². The van der Waals surface area contributed by atoms with Crippen molar-refractivity contribution < 1.29 is 4.39 Å². The van der Waals surface area contributed by atoms with Gasteiger partial charge in [-0.2, -0.15) is 0 Å². The van der Waals surface area contributed by atoms with E-state index in [-0.39, 0.29) is 5.82 Å². The quantitative estimate of drug-likeness (QED) is 0.860. The highest BCUT2D eigenvalue weighted by molar-refractivity contribution is 5.17. The van der Waals surface area contributed by atoms with E-state index in [0.717, 1.165) is 44.6 Å². The lowest BCUT2D eigenvalue weighted by Gasteiger charge is -2.35. The van der Waals surface area contributed by atoms with Gasteiger partial charge in [-0.25, -0.2) is 4.39 Å². The normalized spacial score (nSPS) is 21.6. The summed E-state index contributed by atoms with van der Waals surface area (Å²) in [7, 11) is 0. The predicted octanol–water partition coefficient (Wildman–Crippen LogP) is 2.05. The van der Waals surface area contributed by atoms with Gasteiger partial charge in [0, 0.05) is 32.2 Å². The van der Waals surface area contributed by atoms with Crippen molar-refractivity contribution in [2.75, 3.05) is 26.2 Å². The number of piperazine rings is 1. The Kier molecular flexibility index (Phi) is 4.51. The summed E-state index contributed by atoms with van der Waals surface area (Å²) >= 11 is 0. The molecule has 0 spiro atoms. The zero-order valence-corrected chi connectivity index (χ0v) is 10.5. The summed E-state index contributed by atoms with van der Waals surface area (Å²) in [4.78, 5) is 2.48. The van der Waals surface area contributed by atoms with Gasteiger partial charge < -0.3 is 5.32 Å². The third kappa shape index (κ3) is 3.27. The van der Waals surface area contributed by atoms with Crippen LogP contribution in [0.3, 0.4) is 0 Å². The molecule has 1 aromatic carbocycles. The van der Waals surface area contributed by atoms with E-state index >= 15 is 0 Å². The van der Waals surface area contributed by atoms with E-state index in [4.69, 9.17) is 0 Å². The molecule has 2 rings (SSSR count). The van der Waals surface area contributed by atoms with Crippen LogP contribution in [-0.4, -0.2) is 37.1 Å². The molecule has 1 aliphatic heterocycles. The third-order valence-electron chi connectivity index (χ3n) is 3.57. The second-order valence-corrected chi connectivity index (χ2v) is 4.64. The number of halogens is 1. The van der Waals surface area contributed by atoms with Crippen molar-refractivity contribution >= 4 is 0 Å². The summed E-state index contributed by atoms with van der Waals surface area (Å²) in [6, 6.07) is 7.70. The van der Waals surface area contributed by atoms with E-state index in [1.165, 1.54) is 0 Å². The van der Waals surface area contributed by atoms with Gasteiger partial charge in [-0.1, -0.05) is 25.1 Å². The monoisotopic (exact) mass is 236 g/mol. The van der Waals surface area contributed by atoms with Crippen LogP contribution in [0.4, 0.5) is 4.39 Å². The molecule has 1 unspecified atom stereocenters. The standard InChI is InChI=1S/C14H21FN2/c1-2-13-11-16-8-10-17(13)9-7-12-5-3-4-6-14(12)15/h3-6,13,16H,2,7-11H2,1H3. The van der Waals surface area contributed by atoms with Gasteiger partial charge in [-0.15, -0.1) is 0 Å². The van der Waals surface area contributed by atoms with Gasteiger partial charge in [0.2, 0.25) is 0 Å². The van der Waals surface area contributed by atoms with Crippen LogP contribution in [0.1, 0.15) is 18.9 Å². The lowest BCUT2D eigenvalue weighted by molar-refractivity contribution is 0.158. The lowest BCUT2D eigenvalue weighted by atomic mass is 10.1. The molecule has 0 saturated carbocycles. The first-order chi connectivity index (χ1) is 8.31. The number of benzene rings is 1. The first-order valence-corrected chi connectivity index (χ1v) is 6.49. The molecule has 0 aromatic heterocycles. The van der Waals surface area contributed by atoms with Crippen molar-refractivity contribution in [2.24, 2.45) is 0 Å². The average Bonchev–Trinajstić information content (AvgIpc) is 2.38. The summed E-state index contributed by atoms with van der Waals surface area (Å²) in [5.41, 5.74) is 0.834. The maximum Gasteiger partial charge on any atom is 0.126 e. The molecule has 94 valence electrons. The molecule has 1 atom stereocenters. The van der Waals surface area contributed by atoms with E-state index in [1.807, 2.05) is 12.1 Å². The van der Waals surface area contributed by atoms with E-state index in [9.17, 15) is 4.39 Å². The van der Waals surface area contributed by atoms with E-state index in [0.29, 0.717) is 6.04 Å². The molecule has 1 aliphatic rings. The average molecular weight is 236 g/mol. The molecule has 1 aromatic rings. The van der Waals surface area contributed by atoms with Gasteiger partial charge in [-0.3, -0.25) is 4.90 Å². The second kappa shape index (κ2) is 6.12. The smallest absolute Gasteiger partial charge is 0.126 e. The highest BCUT2D eigenvalue weighted by Gasteiger charge is 2.19. The molecule has 3 heteroatoms. The van der Waals surface area contributed by atoms with Crippen LogP contribution >= 0.6 is 0 Å². The molecule has 1 saturated heterocycles. The SMILES string of the molecule is CCC1CNCCN1CCc1ccccc1F. The molecule has 1 heterocycles. The fourth-order valence-electron chi connectivity index (χ4n) is 2.47. The van der Waals surface area contributed by atoms with Gasteiger partial charge in [-0.05, 0) is 24.5 Å². The van der Waals surface area contributed by atoms with Crippen molar-refractivity contribution in [3.8, 4) is 0 Å². The Morgan fingerprint density at radius 3 is 3.00 bits per heavy atom. The van der Waals surface area contributed by atoms with Gasteiger partial charge in [0.1, 0.15) is 5.82 Å². The van der Waals surface area contributed by atoms with Crippen LogP contribution < -0.4 is 5.32 Å². The molecule has 2 nitrogen and oxygen atoms in total. The van der Waals surface area contributed by atoms with Crippen molar-refractivity contribution in [3.63, 3.8) is 0 Å². The molecule has 0 aliphatic carbocycles. The largest absolute Gasteiger partial charge is 0.314 e. The van der Waals surface area contributed by atoms with E-state index in [1.54, 1.807) is 12.1 Å². The van der Waals surface area contributed by atoms with Crippen LogP contribution in [0.25, 0.3) is 0 Å². The zero-order valence-electron chi connectivity index (χ0n) is 10.5. The lowest BCUT2D eigenvalue weighted by Crippen LogP contribution is -2.51. The topological polar surface area (TPSA) is 15.3 Å². The van der Waals surface area contributed by atoms with Crippen LogP contribution in [0.15, 0.2) is 24.3 Å². The number of hydrogen-bond acceptors (Lipinski definition) is 2. The number of hydrogen-bond donors (Lipinski definition) is 1. The number of rotatable bonds is 4. The Balaban J connectivity index is 1.90. The Labute approximate surface area is 103 Å². The minimum atomic E-state index is -0.0734. The maximum atomic E-state index is 13.5. The van der Waals surface area contributed by atoms with E-state index < -0.39 is 0 Å². The van der Waals surface area contributed by atoms with Crippen LogP contribution in [0.2, 0.25) is 0 Å². The van der Waals surface area contributed by atoms with Gasteiger partial charge >= 0.3 is 0 Å². The highest BCUT2D eigenvalue weighted by atomic mass is 19.1. The fourth-order valence-corrected chi connectivity index (χ4v) is 2.47. The molecular weight excluding hydrogens is 215 g/mol. The zero-order chi connectivity index (χ0) is 12.1. The second-order valence-electron chi connectivity index (χ2n) is 4.64. The number of nitrogens with zero attached hydrogens (tertiary/aromatic N) is 1. The Morgan fingerprint density at radius 1 is 1.41 bits per heavy atom. The minimum absolute atomic E-state index is 0.0734. The summed E-state index contributed by atoms with van der Waals surface area (Å²) in [5.74, 6) is -0.0734. The van der Waals surface area contributed by atoms with Gasteiger partial charge in [0.15, 0.2) is 0 Å². The Hall–Kier alpha value is -0.930. The summed E-state index contributed by atoms with van der Waals surface area (Å²) in [6.45, 7) is 6.36. The summed E-state index contributed by atoms with van der Waals surface area (Å²) in [6.07, 6.45) is 1.97. The maximum absolute atomic E-state index is 13.5. The molecule has 0 bridgehead atoms. The van der Waals surface area contributed by atoms with Gasteiger partial charge in [0.25, 0.3) is 0 Å². The van der Waals surface area contributed by atoms with Crippen LogP contribution in [-0.2, 0) is 6.42 Å². The molecule has 0 amide bonds. The summed E-state index contributed by atoms with van der Waals surface area (Å²) < 4.78 is 13.5. The first kappa shape index (κ1) is 12.5. The predicted molar refractivity (Wildman–Crippen MR) is 68.6 cm³/mol. The molecule has 0 radical (unpaired) electrons. The first-order valence-electron chi connectivity index (χ1n) is 6.49. The van der Waals surface area contributed by atoms with Crippen LogP contribution in [0, 0.1) is 5.82 Å². The highest BCUT2D eigenvalue weighted by Crippen LogP contribution is 2.11.